The lowest BCUT2D eigenvalue weighted by Gasteiger charge is -2.11. The first-order valence-electron chi connectivity index (χ1n) is 7.71. The molecule has 1 aromatic heterocycles. The maximum Gasteiger partial charge on any atom is 0.573 e. The summed E-state index contributed by atoms with van der Waals surface area (Å²) >= 11 is 0. The summed E-state index contributed by atoms with van der Waals surface area (Å²) in [6.45, 7) is -0.0500. The van der Waals surface area contributed by atoms with Crippen LogP contribution in [0.1, 0.15) is 5.56 Å². The molecule has 0 aliphatic heterocycles. The van der Waals surface area contributed by atoms with E-state index in [0.717, 1.165) is 16.7 Å². The molecule has 0 spiro atoms. The molecular weight excluding hydrogens is 345 g/mol. The number of halogens is 3. The van der Waals surface area contributed by atoms with Crippen LogP contribution in [-0.4, -0.2) is 16.5 Å². The predicted octanol–water partition coefficient (Wildman–Crippen LogP) is 4.88. The number of aliphatic hydroxyl groups is 1. The first-order chi connectivity index (χ1) is 12.4. The van der Waals surface area contributed by atoms with Crippen LogP contribution < -0.4 is 10.1 Å². The monoisotopic (exact) mass is 360 g/mol. The number of benzene rings is 2. The summed E-state index contributed by atoms with van der Waals surface area (Å²) in [5.74, 6) is -0.282. The van der Waals surface area contributed by atoms with Crippen molar-refractivity contribution in [3.63, 3.8) is 0 Å². The molecule has 0 amide bonds. The topological polar surface area (TPSA) is 54.4 Å². The SMILES string of the molecule is OCc1cccc(-c2cncc(Nc3ccc(OC(F)(F)F)cc3)c2)c1. The molecule has 26 heavy (non-hydrogen) atoms. The number of anilines is 2. The summed E-state index contributed by atoms with van der Waals surface area (Å²) in [4.78, 5) is 4.18. The van der Waals surface area contributed by atoms with Gasteiger partial charge in [-0.3, -0.25) is 4.98 Å². The molecule has 0 atom stereocenters. The highest BCUT2D eigenvalue weighted by Gasteiger charge is 2.30. The Morgan fingerprint density at radius 2 is 1.69 bits per heavy atom. The Bertz CT molecular complexity index is 880. The van der Waals surface area contributed by atoms with Crippen molar-refractivity contribution in [2.75, 3.05) is 5.32 Å². The van der Waals surface area contributed by atoms with E-state index in [0.29, 0.717) is 11.4 Å². The fourth-order valence-electron chi connectivity index (χ4n) is 2.42. The van der Waals surface area contributed by atoms with Gasteiger partial charge in [-0.2, -0.15) is 0 Å². The van der Waals surface area contributed by atoms with Crippen molar-refractivity contribution < 1.29 is 23.0 Å². The van der Waals surface area contributed by atoms with Crippen molar-refractivity contribution in [3.8, 4) is 16.9 Å². The van der Waals surface area contributed by atoms with E-state index in [1.807, 2.05) is 30.3 Å². The van der Waals surface area contributed by atoms with Gasteiger partial charge in [0.15, 0.2) is 0 Å². The van der Waals surface area contributed by atoms with Crippen LogP contribution in [-0.2, 0) is 6.61 Å². The summed E-state index contributed by atoms with van der Waals surface area (Å²) in [7, 11) is 0. The molecule has 2 N–H and O–H groups in total. The van der Waals surface area contributed by atoms with Crippen molar-refractivity contribution in [1.29, 1.82) is 0 Å². The number of hydrogen-bond acceptors (Lipinski definition) is 4. The van der Waals surface area contributed by atoms with Crippen LogP contribution in [0.5, 0.6) is 5.75 Å². The zero-order chi connectivity index (χ0) is 18.6. The molecule has 3 aromatic rings. The summed E-state index contributed by atoms with van der Waals surface area (Å²) in [6.07, 6.45) is -1.41. The van der Waals surface area contributed by atoms with Gasteiger partial charge < -0.3 is 15.2 Å². The Morgan fingerprint density at radius 1 is 0.923 bits per heavy atom. The number of hydrogen-bond donors (Lipinski definition) is 2. The molecule has 0 fully saturated rings. The Kier molecular flexibility index (Phi) is 5.09. The molecule has 1 heterocycles. The Labute approximate surface area is 147 Å². The van der Waals surface area contributed by atoms with E-state index in [4.69, 9.17) is 0 Å². The third kappa shape index (κ3) is 4.73. The van der Waals surface area contributed by atoms with Gasteiger partial charge in [-0.15, -0.1) is 13.2 Å². The zero-order valence-corrected chi connectivity index (χ0v) is 13.5. The standard InChI is InChI=1S/C19H15F3N2O2/c20-19(21,22)26-18-6-4-16(5-7-18)24-17-9-15(10-23-11-17)14-3-1-2-13(8-14)12-25/h1-11,24-25H,12H2. The summed E-state index contributed by atoms with van der Waals surface area (Å²) < 4.78 is 40.4. The normalized spacial score (nSPS) is 11.2. The van der Waals surface area contributed by atoms with Crippen molar-refractivity contribution in [2.45, 2.75) is 13.0 Å². The number of aromatic nitrogens is 1. The van der Waals surface area contributed by atoms with Crippen LogP contribution in [0.4, 0.5) is 24.5 Å². The minimum atomic E-state index is -4.71. The smallest absolute Gasteiger partial charge is 0.406 e. The molecule has 0 saturated heterocycles. The third-order valence-electron chi connectivity index (χ3n) is 3.56. The second kappa shape index (κ2) is 7.45. The second-order valence-corrected chi connectivity index (χ2v) is 5.52. The molecule has 0 unspecified atom stereocenters. The molecule has 4 nitrogen and oxygen atoms in total. The van der Waals surface area contributed by atoms with Crippen molar-refractivity contribution in [1.82, 2.24) is 4.98 Å². The molecule has 2 aromatic carbocycles. The van der Waals surface area contributed by atoms with Crippen molar-refractivity contribution in [2.24, 2.45) is 0 Å². The van der Waals surface area contributed by atoms with Crippen LogP contribution in [0.3, 0.4) is 0 Å². The predicted molar refractivity (Wildman–Crippen MR) is 92.0 cm³/mol. The van der Waals surface area contributed by atoms with Gasteiger partial charge in [0, 0.05) is 17.4 Å². The maximum atomic E-state index is 12.2. The van der Waals surface area contributed by atoms with Gasteiger partial charge in [0.1, 0.15) is 5.75 Å². The van der Waals surface area contributed by atoms with Gasteiger partial charge in [-0.25, -0.2) is 0 Å². The fraction of sp³-hybridized carbons (Fsp3) is 0.105. The van der Waals surface area contributed by atoms with Crippen LogP contribution in [0.2, 0.25) is 0 Å². The number of rotatable bonds is 5. The highest BCUT2D eigenvalue weighted by Crippen LogP contribution is 2.27. The largest absolute Gasteiger partial charge is 0.573 e. The molecule has 0 aliphatic rings. The Balaban J connectivity index is 1.76. The third-order valence-corrected chi connectivity index (χ3v) is 3.56. The van der Waals surface area contributed by atoms with Crippen LogP contribution in [0.25, 0.3) is 11.1 Å². The lowest BCUT2D eigenvalue weighted by Crippen LogP contribution is -2.16. The highest BCUT2D eigenvalue weighted by atomic mass is 19.4. The van der Waals surface area contributed by atoms with Gasteiger partial charge >= 0.3 is 6.36 Å². The van der Waals surface area contributed by atoms with Crippen LogP contribution in [0, 0.1) is 0 Å². The molecule has 0 aliphatic carbocycles. The van der Waals surface area contributed by atoms with Gasteiger partial charge in [-0.05, 0) is 47.5 Å². The second-order valence-electron chi connectivity index (χ2n) is 5.52. The van der Waals surface area contributed by atoms with E-state index in [2.05, 4.69) is 15.0 Å². The van der Waals surface area contributed by atoms with Gasteiger partial charge in [0.2, 0.25) is 0 Å². The first kappa shape index (κ1) is 17.8. The fourth-order valence-corrected chi connectivity index (χ4v) is 2.42. The molecule has 0 radical (unpaired) electrons. The molecule has 3 rings (SSSR count). The van der Waals surface area contributed by atoms with E-state index in [-0.39, 0.29) is 12.4 Å². The zero-order valence-electron chi connectivity index (χ0n) is 13.5. The summed E-state index contributed by atoms with van der Waals surface area (Å²) in [5, 5.41) is 12.3. The van der Waals surface area contributed by atoms with E-state index in [1.165, 1.54) is 24.3 Å². The number of nitrogens with zero attached hydrogens (tertiary/aromatic N) is 1. The van der Waals surface area contributed by atoms with E-state index in [9.17, 15) is 18.3 Å². The minimum Gasteiger partial charge on any atom is -0.406 e. The molecular formula is C19H15F3N2O2. The summed E-state index contributed by atoms with van der Waals surface area (Å²) in [5.41, 5.74) is 3.83. The van der Waals surface area contributed by atoms with Gasteiger partial charge in [-0.1, -0.05) is 18.2 Å². The lowest BCUT2D eigenvalue weighted by atomic mass is 10.0. The Morgan fingerprint density at radius 3 is 2.38 bits per heavy atom. The van der Waals surface area contributed by atoms with Crippen LogP contribution >= 0.6 is 0 Å². The minimum absolute atomic E-state index is 0.0500. The number of nitrogens with one attached hydrogen (secondary N) is 1. The highest BCUT2D eigenvalue weighted by molar-refractivity contribution is 5.70. The molecule has 134 valence electrons. The molecule has 0 saturated carbocycles. The molecule has 0 bridgehead atoms. The lowest BCUT2D eigenvalue weighted by molar-refractivity contribution is -0.274. The summed E-state index contributed by atoms with van der Waals surface area (Å²) in [6, 6.07) is 14.7. The Hall–Kier alpha value is -3.06. The number of aliphatic hydroxyl groups excluding tert-OH is 1. The average Bonchev–Trinajstić information content (AvgIpc) is 2.62. The van der Waals surface area contributed by atoms with Crippen LogP contribution in [0.15, 0.2) is 67.0 Å². The van der Waals surface area contributed by atoms with E-state index >= 15 is 0 Å². The maximum absolute atomic E-state index is 12.2. The number of pyridine rings is 1. The number of alkyl halides is 3. The first-order valence-corrected chi connectivity index (χ1v) is 7.71. The van der Waals surface area contributed by atoms with E-state index < -0.39 is 6.36 Å². The molecule has 7 heteroatoms. The quantitative estimate of drug-likeness (QED) is 0.681. The van der Waals surface area contributed by atoms with Crippen molar-refractivity contribution >= 4 is 11.4 Å². The van der Waals surface area contributed by atoms with Crippen molar-refractivity contribution in [3.05, 3.63) is 72.6 Å². The van der Waals surface area contributed by atoms with Gasteiger partial charge in [0.05, 0.1) is 18.5 Å². The van der Waals surface area contributed by atoms with Gasteiger partial charge in [0.25, 0.3) is 0 Å². The average molecular weight is 360 g/mol. The van der Waals surface area contributed by atoms with E-state index in [1.54, 1.807) is 12.4 Å². The number of ether oxygens (including phenoxy) is 1.